The number of carbonyl (C=O) groups is 1. The van der Waals surface area contributed by atoms with Crippen molar-refractivity contribution in [2.75, 3.05) is 27.9 Å². The molecule has 6 nitrogen and oxygen atoms in total. The van der Waals surface area contributed by atoms with Gasteiger partial charge in [-0.3, -0.25) is 9.69 Å². The van der Waals surface area contributed by atoms with Gasteiger partial charge in [0.2, 0.25) is 5.75 Å². The summed E-state index contributed by atoms with van der Waals surface area (Å²) < 4.78 is 15.9. The number of methoxy groups -OCH3 is 3. The minimum atomic E-state index is -0.205. The van der Waals surface area contributed by atoms with Crippen LogP contribution in [0.3, 0.4) is 0 Å². The van der Waals surface area contributed by atoms with Crippen molar-refractivity contribution in [2.45, 2.75) is 0 Å². The first-order valence-corrected chi connectivity index (χ1v) is 7.22. The van der Waals surface area contributed by atoms with Crippen LogP contribution in [0.15, 0.2) is 30.5 Å². The van der Waals surface area contributed by atoms with E-state index in [1.54, 1.807) is 24.3 Å². The molecule has 1 N–H and O–H groups in total. The normalized spacial score (nSPS) is 15.6. The van der Waals surface area contributed by atoms with E-state index in [0.29, 0.717) is 34.6 Å². The number of rotatable bonds is 6. The van der Waals surface area contributed by atoms with Crippen LogP contribution in [0.5, 0.6) is 17.2 Å². The summed E-state index contributed by atoms with van der Waals surface area (Å²) >= 11 is 5.15. The topological polar surface area (TPSA) is 60.0 Å². The lowest BCUT2D eigenvalue weighted by molar-refractivity contribution is -0.122. The fourth-order valence-corrected chi connectivity index (χ4v) is 2.49. The first-order chi connectivity index (χ1) is 11.0. The molecule has 23 heavy (non-hydrogen) atoms. The lowest BCUT2D eigenvalue weighted by Gasteiger charge is -2.13. The number of nitrogens with zero attached hydrogens (tertiary/aromatic N) is 1. The Morgan fingerprint density at radius 2 is 1.83 bits per heavy atom. The van der Waals surface area contributed by atoms with Crippen molar-refractivity contribution in [3.63, 3.8) is 0 Å². The van der Waals surface area contributed by atoms with Gasteiger partial charge in [0.1, 0.15) is 5.70 Å². The number of ether oxygens (including phenoxy) is 3. The monoisotopic (exact) mass is 334 g/mol. The molecular formula is C16H18N2O4S. The van der Waals surface area contributed by atoms with Crippen molar-refractivity contribution in [3.05, 3.63) is 36.0 Å². The van der Waals surface area contributed by atoms with E-state index in [-0.39, 0.29) is 5.91 Å². The molecule has 0 spiro atoms. The van der Waals surface area contributed by atoms with Gasteiger partial charge in [0.15, 0.2) is 16.6 Å². The average Bonchev–Trinajstić information content (AvgIpc) is 2.81. The van der Waals surface area contributed by atoms with Crippen molar-refractivity contribution >= 4 is 29.3 Å². The van der Waals surface area contributed by atoms with Crippen LogP contribution in [0.2, 0.25) is 0 Å². The van der Waals surface area contributed by atoms with E-state index in [0.717, 1.165) is 5.56 Å². The molecule has 0 atom stereocenters. The molecule has 1 aromatic rings. The highest BCUT2D eigenvalue weighted by molar-refractivity contribution is 7.80. The van der Waals surface area contributed by atoms with Gasteiger partial charge in [-0.25, -0.2) is 0 Å². The zero-order chi connectivity index (χ0) is 17.0. The van der Waals surface area contributed by atoms with Gasteiger partial charge in [-0.05, 0) is 36.0 Å². The van der Waals surface area contributed by atoms with Crippen LogP contribution >= 0.6 is 12.2 Å². The third kappa shape index (κ3) is 3.29. The van der Waals surface area contributed by atoms with E-state index in [2.05, 4.69) is 11.9 Å². The highest BCUT2D eigenvalue weighted by Gasteiger charge is 2.29. The highest BCUT2D eigenvalue weighted by atomic mass is 32.1. The number of nitrogens with one attached hydrogen (secondary N) is 1. The number of carbonyl (C=O) groups excluding carboxylic acids is 1. The van der Waals surface area contributed by atoms with Crippen LogP contribution in [0, 0.1) is 0 Å². The predicted molar refractivity (Wildman–Crippen MR) is 91.7 cm³/mol. The third-order valence-corrected chi connectivity index (χ3v) is 3.59. The standard InChI is InChI=1S/C16H18N2O4S/c1-5-6-18-15(19)11(17-16(18)23)7-10-8-12(20-2)14(22-4)13(9-10)21-3/h5,7-9H,1,6H2,2-4H3,(H,17,23). The second kappa shape index (κ2) is 7.15. The summed E-state index contributed by atoms with van der Waals surface area (Å²) in [6, 6.07) is 3.51. The molecule has 2 rings (SSSR count). The summed E-state index contributed by atoms with van der Waals surface area (Å²) in [5, 5.41) is 3.25. The molecule has 7 heteroatoms. The van der Waals surface area contributed by atoms with Crippen molar-refractivity contribution < 1.29 is 19.0 Å². The van der Waals surface area contributed by atoms with Gasteiger partial charge in [-0.2, -0.15) is 0 Å². The van der Waals surface area contributed by atoms with Gasteiger partial charge < -0.3 is 19.5 Å². The fraction of sp³-hybridized carbons (Fsp3) is 0.250. The van der Waals surface area contributed by atoms with Gasteiger partial charge in [-0.1, -0.05) is 6.08 Å². The molecule has 0 aromatic heterocycles. The van der Waals surface area contributed by atoms with Crippen LogP contribution in [-0.2, 0) is 4.79 Å². The molecule has 1 amide bonds. The Balaban J connectivity index is 2.41. The molecule has 1 aliphatic heterocycles. The zero-order valence-electron chi connectivity index (χ0n) is 13.2. The van der Waals surface area contributed by atoms with E-state index in [1.165, 1.54) is 26.2 Å². The largest absolute Gasteiger partial charge is 0.493 e. The van der Waals surface area contributed by atoms with Crippen molar-refractivity contribution in [1.82, 2.24) is 10.2 Å². The van der Waals surface area contributed by atoms with Gasteiger partial charge in [0.05, 0.1) is 21.3 Å². The number of hydrogen-bond acceptors (Lipinski definition) is 5. The van der Waals surface area contributed by atoms with Crippen LogP contribution < -0.4 is 19.5 Å². The minimum Gasteiger partial charge on any atom is -0.493 e. The first kappa shape index (κ1) is 16.8. The van der Waals surface area contributed by atoms with E-state index in [4.69, 9.17) is 26.4 Å². The summed E-state index contributed by atoms with van der Waals surface area (Å²) in [7, 11) is 4.61. The van der Waals surface area contributed by atoms with Crippen LogP contribution in [0.4, 0.5) is 0 Å². The smallest absolute Gasteiger partial charge is 0.276 e. The maximum atomic E-state index is 12.3. The van der Waals surface area contributed by atoms with E-state index in [9.17, 15) is 4.79 Å². The quantitative estimate of drug-likeness (QED) is 0.487. The Morgan fingerprint density at radius 1 is 1.22 bits per heavy atom. The molecule has 122 valence electrons. The number of amides is 1. The second-order valence-corrected chi connectivity index (χ2v) is 5.04. The molecule has 0 aliphatic carbocycles. The molecule has 0 unspecified atom stereocenters. The SMILES string of the molecule is C=CCN1C(=O)C(=Cc2cc(OC)c(OC)c(OC)c2)NC1=S. The van der Waals surface area contributed by atoms with Gasteiger partial charge in [0, 0.05) is 6.54 Å². The summed E-state index contributed by atoms with van der Waals surface area (Å²) in [6.07, 6.45) is 3.30. The van der Waals surface area contributed by atoms with Crippen LogP contribution in [0.25, 0.3) is 6.08 Å². The Morgan fingerprint density at radius 3 is 2.30 bits per heavy atom. The van der Waals surface area contributed by atoms with Crippen LogP contribution in [0.1, 0.15) is 5.56 Å². The molecule has 1 aliphatic rings. The molecule has 0 saturated carbocycles. The van der Waals surface area contributed by atoms with E-state index >= 15 is 0 Å². The van der Waals surface area contributed by atoms with Gasteiger partial charge in [0.25, 0.3) is 5.91 Å². The summed E-state index contributed by atoms with van der Waals surface area (Å²) in [4.78, 5) is 13.8. The lowest BCUT2D eigenvalue weighted by Crippen LogP contribution is -2.30. The number of hydrogen-bond donors (Lipinski definition) is 1. The molecule has 0 radical (unpaired) electrons. The molecule has 1 saturated heterocycles. The van der Waals surface area contributed by atoms with Gasteiger partial charge >= 0.3 is 0 Å². The van der Waals surface area contributed by atoms with Crippen molar-refractivity contribution in [1.29, 1.82) is 0 Å². The summed E-state index contributed by atoms with van der Waals surface area (Å²) in [5.74, 6) is 1.31. The predicted octanol–water partition coefficient (Wildman–Crippen LogP) is 1.96. The molecule has 1 heterocycles. The van der Waals surface area contributed by atoms with E-state index < -0.39 is 0 Å². The highest BCUT2D eigenvalue weighted by Crippen LogP contribution is 2.38. The summed E-state index contributed by atoms with van der Waals surface area (Å²) in [6.45, 7) is 3.98. The Bertz CT molecular complexity index is 660. The first-order valence-electron chi connectivity index (χ1n) is 6.81. The maximum Gasteiger partial charge on any atom is 0.276 e. The lowest BCUT2D eigenvalue weighted by atomic mass is 10.1. The zero-order valence-corrected chi connectivity index (χ0v) is 14.0. The van der Waals surface area contributed by atoms with E-state index in [1.807, 2.05) is 0 Å². The molecule has 1 fully saturated rings. The minimum absolute atomic E-state index is 0.205. The summed E-state index contributed by atoms with van der Waals surface area (Å²) in [5.41, 5.74) is 1.10. The average molecular weight is 334 g/mol. The second-order valence-electron chi connectivity index (χ2n) is 4.65. The van der Waals surface area contributed by atoms with Crippen LogP contribution in [-0.4, -0.2) is 43.8 Å². The van der Waals surface area contributed by atoms with Crippen molar-refractivity contribution in [3.8, 4) is 17.2 Å². The molecule has 0 bridgehead atoms. The Labute approximate surface area is 140 Å². The Kier molecular flexibility index (Phi) is 5.23. The molecular weight excluding hydrogens is 316 g/mol. The van der Waals surface area contributed by atoms with Crippen molar-refractivity contribution in [2.24, 2.45) is 0 Å². The number of benzene rings is 1. The third-order valence-electron chi connectivity index (χ3n) is 3.27. The van der Waals surface area contributed by atoms with Gasteiger partial charge in [-0.15, -0.1) is 6.58 Å². The fourth-order valence-electron chi connectivity index (χ4n) is 2.22. The molecule has 1 aromatic carbocycles. The number of thiocarbonyl (C=S) groups is 1. The maximum absolute atomic E-state index is 12.3. The Hall–Kier alpha value is -2.54.